The summed E-state index contributed by atoms with van der Waals surface area (Å²) in [4.78, 5) is 10.7. The van der Waals surface area contributed by atoms with Gasteiger partial charge in [0.05, 0.1) is 18.0 Å². The summed E-state index contributed by atoms with van der Waals surface area (Å²) in [5, 5.41) is 12.9. The number of rotatable bonds is 5. The van der Waals surface area contributed by atoms with Gasteiger partial charge in [-0.2, -0.15) is 5.10 Å². The molecule has 94 valence electrons. The van der Waals surface area contributed by atoms with Crippen molar-refractivity contribution in [3.63, 3.8) is 0 Å². The highest BCUT2D eigenvalue weighted by Crippen LogP contribution is 2.21. The predicted octanol–water partition coefficient (Wildman–Crippen LogP) is 2.78. The van der Waals surface area contributed by atoms with Gasteiger partial charge in [-0.25, -0.2) is 4.79 Å². The second-order valence-electron chi connectivity index (χ2n) is 3.87. The molecule has 0 spiro atoms. The van der Waals surface area contributed by atoms with E-state index in [1.807, 2.05) is 6.20 Å². The number of hydrogen-bond donors (Lipinski definition) is 1. The van der Waals surface area contributed by atoms with E-state index in [4.69, 9.17) is 9.84 Å². The van der Waals surface area contributed by atoms with Gasteiger partial charge >= 0.3 is 5.97 Å². The number of ether oxygens (including phenoxy) is 1. The quantitative estimate of drug-likeness (QED) is 0.881. The van der Waals surface area contributed by atoms with Crippen LogP contribution in [0, 0.1) is 0 Å². The van der Waals surface area contributed by atoms with Crippen molar-refractivity contribution in [3.8, 4) is 11.5 Å². The van der Waals surface area contributed by atoms with Gasteiger partial charge in [0.15, 0.2) is 5.75 Å². The molecule has 0 bridgehead atoms. The van der Waals surface area contributed by atoms with Crippen molar-refractivity contribution >= 4 is 5.97 Å². The van der Waals surface area contributed by atoms with Crippen LogP contribution in [0.5, 0.6) is 11.5 Å². The van der Waals surface area contributed by atoms with Crippen molar-refractivity contribution in [3.05, 3.63) is 42.2 Å². The lowest BCUT2D eigenvalue weighted by Crippen LogP contribution is -1.95. The van der Waals surface area contributed by atoms with E-state index in [0.29, 0.717) is 11.5 Å². The number of aryl methyl sites for hydroxylation is 1. The summed E-state index contributed by atoms with van der Waals surface area (Å²) in [5.74, 6) is 0.292. The molecule has 5 heteroatoms. The fraction of sp³-hybridized carbons (Fsp3) is 0.231. The number of nitrogens with zero attached hydrogens (tertiary/aromatic N) is 2. The Morgan fingerprint density at radius 1 is 1.33 bits per heavy atom. The molecule has 0 aliphatic heterocycles. The minimum Gasteiger partial charge on any atom is -0.478 e. The van der Waals surface area contributed by atoms with Gasteiger partial charge < -0.3 is 9.84 Å². The topological polar surface area (TPSA) is 64.3 Å². The summed E-state index contributed by atoms with van der Waals surface area (Å²) < 4.78 is 7.37. The number of benzene rings is 1. The lowest BCUT2D eigenvalue weighted by atomic mass is 10.2. The van der Waals surface area contributed by atoms with Crippen LogP contribution in [0.15, 0.2) is 36.7 Å². The molecule has 0 amide bonds. The summed E-state index contributed by atoms with van der Waals surface area (Å²) >= 11 is 0. The van der Waals surface area contributed by atoms with E-state index in [1.54, 1.807) is 23.0 Å². The maximum atomic E-state index is 10.7. The smallest absolute Gasteiger partial charge is 0.335 e. The van der Waals surface area contributed by atoms with Crippen molar-refractivity contribution in [1.82, 2.24) is 9.78 Å². The van der Waals surface area contributed by atoms with Crippen LogP contribution >= 0.6 is 0 Å². The lowest BCUT2D eigenvalue weighted by Gasteiger charge is -2.02. The van der Waals surface area contributed by atoms with Crippen LogP contribution in [-0.2, 0) is 6.54 Å². The first-order valence-electron chi connectivity index (χ1n) is 5.72. The molecule has 0 fully saturated rings. The number of carboxylic acids is 1. The summed E-state index contributed by atoms with van der Waals surface area (Å²) in [6.45, 7) is 2.92. The van der Waals surface area contributed by atoms with Crippen LogP contribution in [0.4, 0.5) is 0 Å². The zero-order valence-corrected chi connectivity index (χ0v) is 10.0. The third kappa shape index (κ3) is 2.88. The fourth-order valence-corrected chi connectivity index (χ4v) is 1.55. The summed E-state index contributed by atoms with van der Waals surface area (Å²) in [5.41, 5.74) is 0.240. The fourth-order valence-electron chi connectivity index (χ4n) is 1.55. The molecule has 2 rings (SSSR count). The molecule has 1 N–H and O–H groups in total. The van der Waals surface area contributed by atoms with Crippen LogP contribution in [0.2, 0.25) is 0 Å². The molecule has 2 aromatic rings. The molecule has 1 aromatic heterocycles. The average molecular weight is 246 g/mol. The van der Waals surface area contributed by atoms with Crippen molar-refractivity contribution < 1.29 is 14.6 Å². The molecular weight excluding hydrogens is 232 g/mol. The predicted molar refractivity (Wildman–Crippen MR) is 66.0 cm³/mol. The first-order chi connectivity index (χ1) is 8.69. The van der Waals surface area contributed by atoms with E-state index in [-0.39, 0.29) is 5.56 Å². The van der Waals surface area contributed by atoms with Crippen LogP contribution in [0.1, 0.15) is 23.7 Å². The van der Waals surface area contributed by atoms with Crippen LogP contribution in [-0.4, -0.2) is 20.9 Å². The van der Waals surface area contributed by atoms with Crippen molar-refractivity contribution in [2.45, 2.75) is 19.9 Å². The molecule has 0 saturated heterocycles. The Hall–Kier alpha value is -2.30. The Morgan fingerprint density at radius 2 is 2.06 bits per heavy atom. The molecule has 5 nitrogen and oxygen atoms in total. The van der Waals surface area contributed by atoms with Gasteiger partial charge in [-0.1, -0.05) is 6.92 Å². The second-order valence-corrected chi connectivity index (χ2v) is 3.87. The Bertz CT molecular complexity index is 531. The Morgan fingerprint density at radius 3 is 2.67 bits per heavy atom. The third-order valence-corrected chi connectivity index (χ3v) is 2.40. The maximum Gasteiger partial charge on any atom is 0.335 e. The van der Waals surface area contributed by atoms with Gasteiger partial charge in [0.1, 0.15) is 5.75 Å². The van der Waals surface area contributed by atoms with E-state index in [9.17, 15) is 4.79 Å². The molecule has 1 aromatic carbocycles. The molecule has 0 atom stereocenters. The molecule has 0 aliphatic rings. The highest BCUT2D eigenvalue weighted by Gasteiger charge is 2.04. The minimum atomic E-state index is -0.947. The van der Waals surface area contributed by atoms with Crippen LogP contribution in [0.3, 0.4) is 0 Å². The number of carboxylic acid groups (broad SMARTS) is 1. The molecular formula is C13H14N2O3. The zero-order valence-electron chi connectivity index (χ0n) is 10.0. The van der Waals surface area contributed by atoms with E-state index in [2.05, 4.69) is 12.0 Å². The van der Waals surface area contributed by atoms with E-state index in [0.717, 1.165) is 13.0 Å². The minimum absolute atomic E-state index is 0.240. The lowest BCUT2D eigenvalue weighted by molar-refractivity contribution is 0.0697. The molecule has 0 radical (unpaired) electrons. The van der Waals surface area contributed by atoms with Crippen LogP contribution < -0.4 is 4.74 Å². The molecule has 0 unspecified atom stereocenters. The number of carbonyl (C=O) groups is 1. The van der Waals surface area contributed by atoms with Gasteiger partial charge in [0, 0.05) is 6.54 Å². The summed E-state index contributed by atoms with van der Waals surface area (Å²) in [6, 6.07) is 6.27. The molecule has 18 heavy (non-hydrogen) atoms. The number of aromatic carboxylic acids is 1. The van der Waals surface area contributed by atoms with Gasteiger partial charge in [0.25, 0.3) is 0 Å². The molecule has 0 saturated carbocycles. The van der Waals surface area contributed by atoms with Gasteiger partial charge in [-0.05, 0) is 30.7 Å². The van der Waals surface area contributed by atoms with Gasteiger partial charge in [-0.15, -0.1) is 0 Å². The third-order valence-electron chi connectivity index (χ3n) is 2.40. The average Bonchev–Trinajstić information content (AvgIpc) is 2.78. The SMILES string of the molecule is CCCn1cc(Oc2ccc(C(=O)O)cc2)cn1. The Balaban J connectivity index is 2.06. The van der Waals surface area contributed by atoms with Gasteiger partial charge in [0.2, 0.25) is 0 Å². The Labute approximate surface area is 105 Å². The first kappa shape index (κ1) is 12.2. The zero-order chi connectivity index (χ0) is 13.0. The monoisotopic (exact) mass is 246 g/mol. The first-order valence-corrected chi connectivity index (χ1v) is 5.72. The van der Waals surface area contributed by atoms with Crippen LogP contribution in [0.25, 0.3) is 0 Å². The number of hydrogen-bond acceptors (Lipinski definition) is 3. The normalized spacial score (nSPS) is 10.3. The molecule has 0 aliphatic carbocycles. The highest BCUT2D eigenvalue weighted by molar-refractivity contribution is 5.87. The number of aromatic nitrogens is 2. The van der Waals surface area contributed by atoms with E-state index in [1.165, 1.54) is 12.1 Å². The van der Waals surface area contributed by atoms with Gasteiger partial charge in [-0.3, -0.25) is 4.68 Å². The Kier molecular flexibility index (Phi) is 3.62. The van der Waals surface area contributed by atoms with Crippen molar-refractivity contribution in [1.29, 1.82) is 0 Å². The van der Waals surface area contributed by atoms with Crippen molar-refractivity contribution in [2.75, 3.05) is 0 Å². The van der Waals surface area contributed by atoms with Crippen molar-refractivity contribution in [2.24, 2.45) is 0 Å². The largest absolute Gasteiger partial charge is 0.478 e. The summed E-state index contributed by atoms with van der Waals surface area (Å²) in [6.07, 6.45) is 4.46. The van der Waals surface area contributed by atoms with E-state index < -0.39 is 5.97 Å². The molecule has 1 heterocycles. The summed E-state index contributed by atoms with van der Waals surface area (Å²) in [7, 11) is 0. The standard InChI is InChI=1S/C13H14N2O3/c1-2-7-15-9-12(8-14-15)18-11-5-3-10(4-6-11)13(16)17/h3-6,8-9H,2,7H2,1H3,(H,16,17). The van der Waals surface area contributed by atoms with E-state index >= 15 is 0 Å². The second kappa shape index (κ2) is 5.35. The maximum absolute atomic E-state index is 10.7. The highest BCUT2D eigenvalue weighted by atomic mass is 16.5.